The van der Waals surface area contributed by atoms with Crippen LogP contribution in [0.3, 0.4) is 0 Å². The number of nitrogens with two attached hydrogens (primary N) is 7. The summed E-state index contributed by atoms with van der Waals surface area (Å²) < 4.78 is 33.3. The lowest BCUT2D eigenvalue weighted by atomic mass is 10.1. The van der Waals surface area contributed by atoms with E-state index in [2.05, 4.69) is 111 Å². The lowest BCUT2D eigenvalue weighted by Gasteiger charge is -2.14. The Kier molecular flexibility index (Phi) is 49.0. The summed E-state index contributed by atoms with van der Waals surface area (Å²) in [7, 11) is 9.20. The predicted octanol–water partition coefficient (Wildman–Crippen LogP) is 14.4. The molecule has 142 heavy (non-hydrogen) atoms. The van der Waals surface area contributed by atoms with Gasteiger partial charge < -0.3 is 94.5 Å². The molecule has 750 valence electrons. The number of rotatable bonds is 23. The molecular weight excluding hydrogens is 1960 g/mol. The van der Waals surface area contributed by atoms with Gasteiger partial charge in [0.2, 0.25) is 5.65 Å². The topological polar surface area (TPSA) is 638 Å². The van der Waals surface area contributed by atoms with E-state index in [1.807, 2.05) is 147 Å². The van der Waals surface area contributed by atoms with Gasteiger partial charge in [-0.2, -0.15) is 20.3 Å². The minimum atomic E-state index is -1.29. The van der Waals surface area contributed by atoms with Crippen LogP contribution in [0.15, 0.2) is 207 Å². The number of nitrogens with zero attached hydrogens (tertiary/aromatic N) is 20. The van der Waals surface area contributed by atoms with Crippen molar-refractivity contribution in [1.29, 1.82) is 0 Å². The lowest BCUT2D eigenvalue weighted by molar-refractivity contribution is 0.0593. The number of H-pyrrole nitrogens is 1. The van der Waals surface area contributed by atoms with Gasteiger partial charge in [-0.1, -0.05) is 203 Å². The molecule has 19 N–H and O–H groups in total. The zero-order valence-corrected chi connectivity index (χ0v) is 78.3. The Morgan fingerprint density at radius 3 is 1.18 bits per heavy atom. The number of halogens is 6. The second kappa shape index (κ2) is 59.0. The van der Waals surface area contributed by atoms with E-state index in [0.717, 1.165) is 61.1 Å². The van der Waals surface area contributed by atoms with Gasteiger partial charge in [0.05, 0.1) is 42.7 Å². The molecular formula is C92H107Cl6N31O13. The maximum atomic E-state index is 13.0. The number of esters is 1. The van der Waals surface area contributed by atoms with E-state index in [-0.39, 0.29) is 151 Å². The highest BCUT2D eigenvalue weighted by Crippen LogP contribution is 2.31. The molecule has 0 atom stereocenters. The largest absolute Gasteiger partial charge is 0.496 e. The van der Waals surface area contributed by atoms with Crippen LogP contribution >= 0.6 is 69.6 Å². The molecule has 0 saturated heterocycles. The number of nitrogen functional groups attached to an aromatic ring is 5. The number of aryl methyl sites for hydroxylation is 2. The van der Waals surface area contributed by atoms with Gasteiger partial charge in [-0.15, -0.1) is 5.10 Å². The molecule has 0 fully saturated rings. The van der Waals surface area contributed by atoms with Crippen molar-refractivity contribution in [2.45, 2.75) is 83.7 Å². The molecule has 0 aliphatic rings. The number of aromatic amines is 1. The van der Waals surface area contributed by atoms with Crippen molar-refractivity contribution in [2.75, 3.05) is 71.3 Å². The summed E-state index contributed by atoms with van der Waals surface area (Å²) in [5.74, 6) is 0.266. The van der Waals surface area contributed by atoms with E-state index < -0.39 is 35.4 Å². The summed E-state index contributed by atoms with van der Waals surface area (Å²) in [6.07, 6.45) is 11.6. The molecule has 0 saturated carbocycles. The maximum Gasteiger partial charge on any atom is 0.360 e. The molecule has 16 aromatic rings. The Morgan fingerprint density at radius 2 is 0.789 bits per heavy atom. The number of carboxylic acid groups (broad SMARTS) is 1. The zero-order chi connectivity index (χ0) is 99.2. The van der Waals surface area contributed by atoms with Gasteiger partial charge in [-0.3, -0.25) is 24.5 Å². The van der Waals surface area contributed by atoms with Crippen LogP contribution in [0.2, 0.25) is 30.9 Å². The van der Waals surface area contributed by atoms with Gasteiger partial charge >= 0.3 is 11.9 Å². The van der Waals surface area contributed by atoms with E-state index >= 15 is 0 Å². The Labute approximate surface area is 847 Å². The van der Waals surface area contributed by atoms with Crippen molar-refractivity contribution < 1.29 is 62.3 Å². The van der Waals surface area contributed by atoms with E-state index in [1.165, 1.54) is 11.8 Å². The van der Waals surface area contributed by atoms with Crippen molar-refractivity contribution in [1.82, 2.24) is 121 Å². The summed E-state index contributed by atoms with van der Waals surface area (Å²) in [5.41, 5.74) is 47.0. The van der Waals surface area contributed by atoms with Gasteiger partial charge in [0, 0.05) is 121 Å². The minimum absolute atomic E-state index is 0. The monoisotopic (exact) mass is 2060 g/mol. The van der Waals surface area contributed by atoms with Crippen LogP contribution in [0.25, 0.3) is 34.1 Å². The lowest BCUT2D eigenvalue weighted by Crippen LogP contribution is -2.26. The third-order valence-electron chi connectivity index (χ3n) is 17.8. The van der Waals surface area contributed by atoms with Crippen LogP contribution in [0.5, 0.6) is 34.6 Å². The summed E-state index contributed by atoms with van der Waals surface area (Å²) in [5, 5.41) is 38.4. The normalized spacial score (nSPS) is 9.86. The summed E-state index contributed by atoms with van der Waals surface area (Å²) >= 11 is 34.1. The molecule has 16 rings (SSSR count). The average molecular weight is 2070 g/mol. The number of methoxy groups -OCH3 is 6. The average Bonchev–Trinajstić information content (AvgIpc) is 1.12. The number of pyridine rings is 2. The molecule has 0 bridgehead atoms. The molecule has 50 heteroatoms. The summed E-state index contributed by atoms with van der Waals surface area (Å²) in [4.78, 5) is 114. The van der Waals surface area contributed by atoms with Crippen LogP contribution in [-0.4, -0.2) is 182 Å². The standard InChI is InChI=1S/C23H23N7O2.C18H15ClN8O3.C16H15ClN6O2.2C8H11NO.C6H5Cl2N3O2.C5H3Cl2N3O2.C3H4N2.5CH4/c1-14-11-17(12-15(2)27-14)19-22(30-10-6-9-26-30)29-21(24)20(28-19)23(31)25-13-16-7-4-5-8-18(16)32-3;1-29-12-7-3-2-5-10(12)9-22-17(28)13-15(20)24-18(14(19)23-13)30-27-16-11(25-26-27)6-4-8-21-16;1-25-11-6-3-2-5-10(11)9-19-16(24)12-14(18)22-15(13(17)21-12)23-8-4-7-20-23;2*1-10-8-5-3-2-4-7(8)6-9;1-13-6(12)2-5(9)11-4(8)3(7)10-2;6-2-3(7)10-4(8)1(9-2)5(11)12;1-2-4-5-3-1;;;;;/h4-12H,13H2,1-3H3,(H2,24,29)(H,25,31);2-8H,9H2,1H3,(H2,20,24)(H,22,28);2-8H,9H2,1H3,(H2,18,22)(H,19,24);2*2-5H,6,9H2,1H3;1H3,(H2,9,11);(H2,8,10)(H,11,12);1-3H,(H,4,5);5*1H4. The number of hydrogen-bond acceptors (Lipinski definition) is 36. The highest BCUT2D eigenvalue weighted by Gasteiger charge is 2.26. The number of carbonyl (C=O) groups is 5. The van der Waals surface area contributed by atoms with E-state index in [1.54, 1.807) is 114 Å². The van der Waals surface area contributed by atoms with E-state index in [0.29, 0.717) is 53.0 Å². The number of amides is 3. The van der Waals surface area contributed by atoms with Crippen molar-refractivity contribution >= 4 is 140 Å². The van der Waals surface area contributed by atoms with Crippen LogP contribution in [-0.2, 0) is 37.5 Å². The van der Waals surface area contributed by atoms with Crippen molar-refractivity contribution in [2.24, 2.45) is 11.5 Å². The predicted molar refractivity (Wildman–Crippen MR) is 545 cm³/mol. The quantitative estimate of drug-likeness (QED) is 0.0265. The van der Waals surface area contributed by atoms with Gasteiger partial charge in [-0.05, 0) is 91.9 Å². The fraction of sp³-hybridized carbons (Fsp3) is 0.196. The first-order valence-corrected chi connectivity index (χ1v) is 41.9. The molecule has 0 unspecified atom stereocenters. The number of anilines is 5. The van der Waals surface area contributed by atoms with Crippen LogP contribution < -0.4 is 84.6 Å². The number of fused-ring (bicyclic) bond motifs is 1. The number of aromatic carboxylic acids is 1. The third-order valence-corrected chi connectivity index (χ3v) is 19.6. The highest BCUT2D eigenvalue weighted by molar-refractivity contribution is 6.41. The van der Waals surface area contributed by atoms with Crippen molar-refractivity contribution in [3.05, 3.63) is 306 Å². The molecule has 0 radical (unpaired) electrons. The second-order valence-electron chi connectivity index (χ2n) is 26.9. The molecule has 11 heterocycles. The van der Waals surface area contributed by atoms with Gasteiger partial charge in [0.25, 0.3) is 23.6 Å². The van der Waals surface area contributed by atoms with E-state index in [9.17, 15) is 24.0 Å². The van der Waals surface area contributed by atoms with Crippen molar-refractivity contribution in [3.63, 3.8) is 0 Å². The smallest absolute Gasteiger partial charge is 0.360 e. The molecule has 0 aliphatic carbocycles. The number of benzene rings is 5. The minimum Gasteiger partial charge on any atom is -0.496 e. The molecule has 44 nitrogen and oxygen atoms in total. The van der Waals surface area contributed by atoms with Crippen LogP contribution in [0.4, 0.5) is 29.1 Å². The number of aromatic nitrogens is 21. The summed E-state index contributed by atoms with van der Waals surface area (Å²) in [6.45, 7) is 5.58. The molecule has 5 aromatic carbocycles. The zero-order valence-electron chi connectivity index (χ0n) is 73.8. The van der Waals surface area contributed by atoms with Crippen LogP contribution in [0, 0.1) is 13.8 Å². The fourth-order valence-electron chi connectivity index (χ4n) is 11.5. The number of nitrogens with one attached hydrogen (secondary N) is 4. The fourth-order valence-corrected chi connectivity index (χ4v) is 12.4. The van der Waals surface area contributed by atoms with Gasteiger partial charge in [-0.25, -0.2) is 68.8 Å². The second-order valence-corrected chi connectivity index (χ2v) is 29.0. The Bertz CT molecular complexity index is 6630. The van der Waals surface area contributed by atoms with Gasteiger partial charge in [0.15, 0.2) is 100 Å². The molecule has 0 spiro atoms. The number of carboxylic acids is 1. The maximum absolute atomic E-state index is 13.0. The first kappa shape index (κ1) is 118. The Hall–Kier alpha value is -16.4. The third kappa shape index (κ3) is 33.2. The SMILES string of the molecule is C.C.C.C.C.COC(=O)c1nc(Cl)c(Cl)nc1N.COc1ccccc1CN.COc1ccccc1CN.COc1ccccc1CNC(=O)c1nc(-c2cc(C)nc(C)c2)c(-n2cccn2)nc1N.COc1ccccc1CNC(=O)c1nc(Cl)c(-n2cccn2)nc1N.COc1ccccc1CNC(=O)c1nc(Cl)c(On2nnc3cccnc32)nc1N.Nc1nc(Cl)c(Cl)nc1C(=O)O.c1cn[nH]c1. The molecule has 3 amide bonds. The highest BCUT2D eigenvalue weighted by atomic mass is 35.5. The number of ether oxygens (including phenoxy) is 6. The van der Waals surface area contributed by atoms with Crippen LogP contribution in [0.1, 0.15) is 129 Å². The molecule has 0 aliphatic heterocycles. The number of para-hydroxylation sites is 5. The Morgan fingerprint density at radius 1 is 0.408 bits per heavy atom. The summed E-state index contributed by atoms with van der Waals surface area (Å²) in [6, 6.07) is 50.1. The first-order valence-electron chi connectivity index (χ1n) is 39.7. The molecule has 11 aromatic heterocycles. The first-order chi connectivity index (χ1) is 66.0. The van der Waals surface area contributed by atoms with Crippen molar-refractivity contribution in [3.8, 4) is 57.5 Å². The number of carbonyl (C=O) groups excluding carboxylic acids is 4. The van der Waals surface area contributed by atoms with E-state index in [4.69, 9.17) is 143 Å². The number of hydrogen-bond donors (Lipinski definition) is 12. The van der Waals surface area contributed by atoms with Gasteiger partial charge in [0.1, 0.15) is 40.0 Å². The Balaban J connectivity index is 0.000000355.